The average molecular weight is 464 g/mol. The van der Waals surface area contributed by atoms with Gasteiger partial charge >= 0.3 is 6.09 Å². The zero-order chi connectivity index (χ0) is 23.7. The van der Waals surface area contributed by atoms with E-state index in [1.165, 1.54) is 6.92 Å². The van der Waals surface area contributed by atoms with Gasteiger partial charge in [-0.25, -0.2) is 4.79 Å². The van der Waals surface area contributed by atoms with Gasteiger partial charge in [0.15, 0.2) is 0 Å². The predicted octanol–water partition coefficient (Wildman–Crippen LogP) is 5.59. The number of amides is 2. The maximum absolute atomic E-state index is 13.3. The van der Waals surface area contributed by atoms with Crippen molar-refractivity contribution < 1.29 is 14.3 Å². The molecule has 2 N–H and O–H groups in total. The van der Waals surface area contributed by atoms with Gasteiger partial charge in [0.1, 0.15) is 5.75 Å². The van der Waals surface area contributed by atoms with Gasteiger partial charge in [-0.1, -0.05) is 42.0 Å². The number of hydrogen-bond acceptors (Lipinski definition) is 4. The Balaban J connectivity index is 1.77. The van der Waals surface area contributed by atoms with E-state index in [1.54, 1.807) is 28.0 Å². The van der Waals surface area contributed by atoms with Crippen LogP contribution >= 0.6 is 11.6 Å². The van der Waals surface area contributed by atoms with Crippen LogP contribution < -0.4 is 20.3 Å². The lowest BCUT2D eigenvalue weighted by Gasteiger charge is -2.40. The lowest BCUT2D eigenvalue weighted by Crippen LogP contribution is -2.52. The van der Waals surface area contributed by atoms with Crippen LogP contribution in [0.1, 0.15) is 31.4 Å². The first-order valence-electron chi connectivity index (χ1n) is 10.8. The van der Waals surface area contributed by atoms with Gasteiger partial charge in [-0.15, -0.1) is 0 Å². The highest BCUT2D eigenvalue weighted by atomic mass is 35.5. The fourth-order valence-corrected chi connectivity index (χ4v) is 4.47. The van der Waals surface area contributed by atoms with Crippen molar-refractivity contribution >= 4 is 40.5 Å². The molecule has 2 aromatic carbocycles. The third-order valence-electron chi connectivity index (χ3n) is 5.81. The SMILES string of the molecule is CC(=O)N1c2ccc(C3=C(N)CC=CC=C3)cc2N(C(=O)Oc2ccc(Cl)cc2C)C[C@@H]1C. The normalized spacial score (nSPS) is 17.6. The topological polar surface area (TPSA) is 75.9 Å². The second-order valence-corrected chi connectivity index (χ2v) is 8.70. The third-order valence-corrected chi connectivity index (χ3v) is 6.05. The zero-order valence-corrected chi connectivity index (χ0v) is 19.6. The lowest BCUT2D eigenvalue weighted by molar-refractivity contribution is -0.117. The summed E-state index contributed by atoms with van der Waals surface area (Å²) in [6.07, 6.45) is 7.96. The summed E-state index contributed by atoms with van der Waals surface area (Å²) in [5, 5.41) is 0.572. The van der Waals surface area contributed by atoms with E-state index < -0.39 is 6.09 Å². The third kappa shape index (κ3) is 4.52. The zero-order valence-electron chi connectivity index (χ0n) is 18.8. The Hall–Kier alpha value is -3.51. The summed E-state index contributed by atoms with van der Waals surface area (Å²) >= 11 is 6.04. The summed E-state index contributed by atoms with van der Waals surface area (Å²) in [5.74, 6) is 0.351. The number of carbonyl (C=O) groups is 2. The molecule has 0 fully saturated rings. The smallest absolute Gasteiger partial charge is 0.410 e. The molecule has 170 valence electrons. The highest BCUT2D eigenvalue weighted by Gasteiger charge is 2.35. The van der Waals surface area contributed by atoms with E-state index >= 15 is 0 Å². The van der Waals surface area contributed by atoms with Crippen molar-refractivity contribution in [2.45, 2.75) is 33.2 Å². The molecule has 1 heterocycles. The Kier molecular flexibility index (Phi) is 6.29. The number of allylic oxidation sites excluding steroid dienone is 5. The van der Waals surface area contributed by atoms with E-state index in [1.807, 2.05) is 56.4 Å². The molecule has 0 saturated carbocycles. The van der Waals surface area contributed by atoms with Crippen molar-refractivity contribution in [2.24, 2.45) is 5.73 Å². The summed E-state index contributed by atoms with van der Waals surface area (Å²) in [7, 11) is 0. The lowest BCUT2D eigenvalue weighted by atomic mass is 9.98. The first kappa shape index (κ1) is 22.7. The van der Waals surface area contributed by atoms with Gasteiger partial charge in [0.05, 0.1) is 17.4 Å². The number of rotatable bonds is 2. The molecule has 2 aromatic rings. The molecular weight excluding hydrogens is 438 g/mol. The Labute approximate surface area is 198 Å². The molecule has 1 aliphatic carbocycles. The molecular formula is C26H26ClN3O3. The van der Waals surface area contributed by atoms with Crippen LogP contribution in [0.3, 0.4) is 0 Å². The van der Waals surface area contributed by atoms with E-state index in [0.717, 1.165) is 22.4 Å². The number of carbonyl (C=O) groups excluding carboxylic acids is 2. The number of aryl methyl sites for hydroxylation is 1. The van der Waals surface area contributed by atoms with Gasteiger partial charge in [0.2, 0.25) is 5.91 Å². The first-order valence-corrected chi connectivity index (χ1v) is 11.2. The van der Waals surface area contributed by atoms with Crippen LogP contribution in [-0.2, 0) is 4.79 Å². The van der Waals surface area contributed by atoms with Crippen molar-refractivity contribution in [1.82, 2.24) is 0 Å². The molecule has 33 heavy (non-hydrogen) atoms. The van der Waals surface area contributed by atoms with Crippen LogP contribution in [0.25, 0.3) is 5.57 Å². The molecule has 0 unspecified atom stereocenters. The molecule has 7 heteroatoms. The van der Waals surface area contributed by atoms with Crippen molar-refractivity contribution in [1.29, 1.82) is 0 Å². The fraction of sp³-hybridized carbons (Fsp3) is 0.231. The molecule has 0 saturated heterocycles. The summed E-state index contributed by atoms with van der Waals surface area (Å²) in [6.45, 7) is 5.57. The minimum absolute atomic E-state index is 0.0876. The van der Waals surface area contributed by atoms with Crippen molar-refractivity contribution in [3.63, 3.8) is 0 Å². The molecule has 2 aliphatic rings. The number of nitrogens with two attached hydrogens (primary N) is 1. The number of hydrogen-bond donors (Lipinski definition) is 1. The van der Waals surface area contributed by atoms with Crippen LogP contribution in [0.4, 0.5) is 16.2 Å². The highest BCUT2D eigenvalue weighted by Crippen LogP contribution is 2.39. The van der Waals surface area contributed by atoms with Gasteiger partial charge in [-0.2, -0.15) is 0 Å². The van der Waals surface area contributed by atoms with Crippen LogP contribution in [0, 0.1) is 6.92 Å². The van der Waals surface area contributed by atoms with Gasteiger partial charge < -0.3 is 15.4 Å². The molecule has 1 aliphatic heterocycles. The minimum Gasteiger partial charge on any atom is -0.410 e. The number of benzene rings is 2. The Bertz CT molecular complexity index is 1220. The summed E-state index contributed by atoms with van der Waals surface area (Å²) < 4.78 is 5.73. The fourth-order valence-electron chi connectivity index (χ4n) is 4.25. The quantitative estimate of drug-likeness (QED) is 0.629. The first-order chi connectivity index (χ1) is 15.8. The highest BCUT2D eigenvalue weighted by molar-refractivity contribution is 6.30. The average Bonchev–Trinajstić information content (AvgIpc) is 2.98. The van der Waals surface area contributed by atoms with E-state index in [2.05, 4.69) is 0 Å². The van der Waals surface area contributed by atoms with Crippen molar-refractivity contribution in [2.75, 3.05) is 16.3 Å². The van der Waals surface area contributed by atoms with Crippen LogP contribution in [0.15, 0.2) is 66.4 Å². The summed E-state index contributed by atoms with van der Waals surface area (Å²) in [4.78, 5) is 29.0. The summed E-state index contributed by atoms with van der Waals surface area (Å²) in [6, 6.07) is 10.6. The second-order valence-electron chi connectivity index (χ2n) is 8.26. The van der Waals surface area contributed by atoms with Crippen LogP contribution in [0.2, 0.25) is 5.02 Å². The molecule has 4 rings (SSSR count). The van der Waals surface area contributed by atoms with Gasteiger partial charge in [0.25, 0.3) is 0 Å². The molecule has 0 bridgehead atoms. The molecule has 1 atom stereocenters. The number of anilines is 2. The molecule has 0 radical (unpaired) electrons. The number of ether oxygens (including phenoxy) is 1. The molecule has 0 aromatic heterocycles. The van der Waals surface area contributed by atoms with Crippen LogP contribution in [0.5, 0.6) is 5.75 Å². The van der Waals surface area contributed by atoms with Gasteiger partial charge in [-0.05, 0) is 55.3 Å². The maximum atomic E-state index is 13.3. The maximum Gasteiger partial charge on any atom is 0.419 e. The van der Waals surface area contributed by atoms with Crippen LogP contribution in [-0.4, -0.2) is 24.6 Å². The Morgan fingerprint density at radius 2 is 1.91 bits per heavy atom. The van der Waals surface area contributed by atoms with Crippen molar-refractivity contribution in [3.8, 4) is 5.75 Å². The standard InChI is InChI=1S/C26H26ClN3O3/c1-16-13-20(27)10-12-25(16)33-26(32)29-15-17(2)30(18(3)31)23-11-9-19(14-24(23)29)21-7-5-4-6-8-22(21)28/h4-7,9-14,17H,8,15,28H2,1-3H3/t17-/m0/s1. The predicted molar refractivity (Wildman–Crippen MR) is 133 cm³/mol. The Morgan fingerprint density at radius 3 is 2.64 bits per heavy atom. The molecule has 6 nitrogen and oxygen atoms in total. The minimum atomic E-state index is -0.520. The van der Waals surface area contributed by atoms with Crippen molar-refractivity contribution in [3.05, 3.63) is 82.5 Å². The number of halogens is 1. The molecule has 0 spiro atoms. The second kappa shape index (κ2) is 9.16. The summed E-state index contributed by atoms with van der Waals surface area (Å²) in [5.41, 5.74) is 10.8. The monoisotopic (exact) mass is 463 g/mol. The Morgan fingerprint density at radius 1 is 1.12 bits per heavy atom. The van der Waals surface area contributed by atoms with Gasteiger partial charge in [0, 0.05) is 36.2 Å². The van der Waals surface area contributed by atoms with E-state index in [4.69, 9.17) is 22.1 Å². The largest absolute Gasteiger partial charge is 0.419 e. The van der Waals surface area contributed by atoms with E-state index in [0.29, 0.717) is 35.1 Å². The molecule has 2 amide bonds. The number of nitrogens with zero attached hydrogens (tertiary/aromatic N) is 2. The van der Waals surface area contributed by atoms with E-state index in [-0.39, 0.29) is 11.9 Å². The van der Waals surface area contributed by atoms with E-state index in [9.17, 15) is 9.59 Å². The number of fused-ring (bicyclic) bond motifs is 1. The van der Waals surface area contributed by atoms with Gasteiger partial charge in [-0.3, -0.25) is 9.69 Å².